The van der Waals surface area contributed by atoms with Crippen molar-refractivity contribution in [1.82, 2.24) is 5.32 Å². The van der Waals surface area contributed by atoms with Crippen molar-refractivity contribution in [2.45, 2.75) is 31.4 Å². The zero-order valence-electron chi connectivity index (χ0n) is 6.01. The Labute approximate surface area is 67.7 Å². The summed E-state index contributed by atoms with van der Waals surface area (Å²) in [6, 6.07) is 0.693. The highest BCUT2D eigenvalue weighted by Crippen LogP contribution is 2.20. The lowest BCUT2D eigenvalue weighted by atomic mass is 10.0. The predicted octanol–water partition coefficient (Wildman–Crippen LogP) is 0.949. The quantitative estimate of drug-likeness (QED) is 0.574. The summed E-state index contributed by atoms with van der Waals surface area (Å²) in [4.78, 5) is 0. The number of hydrogen-bond acceptors (Lipinski definition) is 2. The maximum Gasteiger partial charge on any atom is 0.0729 e. The van der Waals surface area contributed by atoms with E-state index in [1.165, 1.54) is 25.8 Å². The highest BCUT2D eigenvalue weighted by molar-refractivity contribution is 5.85. The predicted molar refractivity (Wildman–Crippen MR) is 42.6 cm³/mol. The van der Waals surface area contributed by atoms with Gasteiger partial charge in [-0.3, -0.25) is 0 Å². The van der Waals surface area contributed by atoms with E-state index in [1.807, 2.05) is 0 Å². The normalized spacial score (nSPS) is 38.4. The molecule has 0 saturated carbocycles. The Morgan fingerprint density at radius 1 is 1.30 bits per heavy atom. The molecule has 0 aliphatic carbocycles. The first kappa shape index (κ1) is 8.31. The van der Waals surface area contributed by atoms with Crippen LogP contribution in [0.3, 0.4) is 0 Å². The highest BCUT2D eigenvalue weighted by Gasteiger charge is 2.29. The van der Waals surface area contributed by atoms with Crippen molar-refractivity contribution < 1.29 is 4.74 Å². The lowest BCUT2D eigenvalue weighted by Gasteiger charge is -2.24. The average Bonchev–Trinajstić information content (AvgIpc) is 2.33. The Kier molecular flexibility index (Phi) is 2.96. The molecule has 2 atom stereocenters. The van der Waals surface area contributed by atoms with Gasteiger partial charge in [0, 0.05) is 12.6 Å². The first-order valence-corrected chi connectivity index (χ1v) is 3.82. The minimum absolute atomic E-state index is 0. The molecule has 2 heterocycles. The molecule has 3 heteroatoms. The second kappa shape index (κ2) is 3.56. The molecule has 0 aromatic rings. The summed E-state index contributed by atoms with van der Waals surface area (Å²) < 4.78 is 5.49. The van der Waals surface area contributed by atoms with Gasteiger partial charge in [0.1, 0.15) is 0 Å². The van der Waals surface area contributed by atoms with E-state index < -0.39 is 0 Å². The second-order valence-corrected chi connectivity index (χ2v) is 2.90. The number of nitrogens with one attached hydrogen (secondary N) is 1. The fourth-order valence-corrected chi connectivity index (χ4v) is 1.76. The van der Waals surface area contributed by atoms with E-state index in [0.29, 0.717) is 12.1 Å². The van der Waals surface area contributed by atoms with Gasteiger partial charge in [0.15, 0.2) is 0 Å². The maximum absolute atomic E-state index is 5.49. The van der Waals surface area contributed by atoms with Crippen molar-refractivity contribution in [2.75, 3.05) is 13.2 Å². The number of halogens is 1. The minimum atomic E-state index is 0. The van der Waals surface area contributed by atoms with Gasteiger partial charge in [-0.25, -0.2) is 0 Å². The molecular formula is C7H14ClNO. The Hall–Kier alpha value is 0.210. The topological polar surface area (TPSA) is 21.3 Å². The van der Waals surface area contributed by atoms with Crippen LogP contribution in [-0.4, -0.2) is 25.3 Å². The van der Waals surface area contributed by atoms with E-state index >= 15 is 0 Å². The van der Waals surface area contributed by atoms with Crippen LogP contribution in [-0.2, 0) is 4.74 Å². The Bertz CT molecular complexity index is 97.8. The summed E-state index contributed by atoms with van der Waals surface area (Å²) >= 11 is 0. The summed E-state index contributed by atoms with van der Waals surface area (Å²) in [5, 5.41) is 3.46. The van der Waals surface area contributed by atoms with E-state index in [1.54, 1.807) is 0 Å². The molecule has 2 rings (SSSR count). The minimum Gasteiger partial charge on any atom is -0.377 e. The van der Waals surface area contributed by atoms with Crippen LogP contribution in [0.4, 0.5) is 0 Å². The van der Waals surface area contributed by atoms with Crippen LogP contribution in [0.2, 0.25) is 0 Å². The van der Waals surface area contributed by atoms with Crippen molar-refractivity contribution >= 4 is 12.4 Å². The standard InChI is InChI=1S/C7H13NO.ClH/c1-2-7-6(8-4-1)3-5-9-7;/h6-8H,1-5H2;1H/t6-,7-;/m0./s1. The van der Waals surface area contributed by atoms with Crippen LogP contribution in [0.15, 0.2) is 0 Å². The van der Waals surface area contributed by atoms with Crippen molar-refractivity contribution in [1.29, 1.82) is 0 Å². The fraction of sp³-hybridized carbons (Fsp3) is 1.00. The molecule has 2 aliphatic rings. The van der Waals surface area contributed by atoms with Crippen LogP contribution in [0.25, 0.3) is 0 Å². The second-order valence-electron chi connectivity index (χ2n) is 2.90. The highest BCUT2D eigenvalue weighted by atomic mass is 35.5. The number of hydrogen-bond donors (Lipinski definition) is 1. The molecule has 2 fully saturated rings. The van der Waals surface area contributed by atoms with E-state index in [-0.39, 0.29) is 12.4 Å². The van der Waals surface area contributed by atoms with Gasteiger partial charge >= 0.3 is 0 Å². The van der Waals surface area contributed by atoms with Gasteiger partial charge in [-0.1, -0.05) is 0 Å². The first-order chi connectivity index (χ1) is 4.47. The third kappa shape index (κ3) is 1.44. The van der Waals surface area contributed by atoms with Crippen molar-refractivity contribution in [3.63, 3.8) is 0 Å². The number of ether oxygens (including phenoxy) is 1. The molecule has 0 unspecified atom stereocenters. The molecule has 60 valence electrons. The summed E-state index contributed by atoms with van der Waals surface area (Å²) in [6.07, 6.45) is 4.35. The number of rotatable bonds is 0. The first-order valence-electron chi connectivity index (χ1n) is 3.82. The monoisotopic (exact) mass is 163 g/mol. The van der Waals surface area contributed by atoms with Gasteiger partial charge in [-0.2, -0.15) is 0 Å². The van der Waals surface area contributed by atoms with Gasteiger partial charge < -0.3 is 10.1 Å². The lowest BCUT2D eigenvalue weighted by molar-refractivity contribution is 0.0789. The van der Waals surface area contributed by atoms with Gasteiger partial charge in [0.25, 0.3) is 0 Å². The van der Waals surface area contributed by atoms with Gasteiger partial charge in [0.05, 0.1) is 6.10 Å². The average molecular weight is 164 g/mol. The third-order valence-corrected chi connectivity index (χ3v) is 2.28. The molecule has 0 aromatic carbocycles. The summed E-state index contributed by atoms with van der Waals surface area (Å²) in [6.45, 7) is 2.17. The van der Waals surface area contributed by atoms with E-state index in [9.17, 15) is 0 Å². The van der Waals surface area contributed by atoms with E-state index in [2.05, 4.69) is 5.32 Å². The van der Waals surface area contributed by atoms with Crippen LogP contribution >= 0.6 is 12.4 Å². The van der Waals surface area contributed by atoms with E-state index in [4.69, 9.17) is 4.74 Å². The smallest absolute Gasteiger partial charge is 0.0729 e. The number of fused-ring (bicyclic) bond motifs is 1. The Balaban J connectivity index is 0.000000500. The molecule has 0 bridgehead atoms. The molecule has 0 radical (unpaired) electrons. The van der Waals surface area contributed by atoms with Gasteiger partial charge in [-0.05, 0) is 25.8 Å². The zero-order chi connectivity index (χ0) is 6.10. The molecule has 0 aromatic heterocycles. The molecule has 10 heavy (non-hydrogen) atoms. The van der Waals surface area contributed by atoms with Crippen LogP contribution < -0.4 is 5.32 Å². The molecule has 2 aliphatic heterocycles. The maximum atomic E-state index is 5.49. The molecule has 2 saturated heterocycles. The van der Waals surface area contributed by atoms with E-state index in [0.717, 1.165) is 6.61 Å². The van der Waals surface area contributed by atoms with Crippen LogP contribution in [0.1, 0.15) is 19.3 Å². The van der Waals surface area contributed by atoms with Crippen LogP contribution in [0, 0.1) is 0 Å². The summed E-state index contributed by atoms with van der Waals surface area (Å²) in [5.74, 6) is 0. The summed E-state index contributed by atoms with van der Waals surface area (Å²) in [5.41, 5.74) is 0. The molecular weight excluding hydrogens is 150 g/mol. The van der Waals surface area contributed by atoms with Crippen molar-refractivity contribution in [2.24, 2.45) is 0 Å². The molecule has 0 amide bonds. The Morgan fingerprint density at radius 3 is 3.00 bits per heavy atom. The molecule has 2 nitrogen and oxygen atoms in total. The SMILES string of the molecule is C1CN[C@H]2CCO[C@H]2C1.Cl. The Morgan fingerprint density at radius 2 is 2.20 bits per heavy atom. The lowest BCUT2D eigenvalue weighted by Crippen LogP contribution is -2.41. The van der Waals surface area contributed by atoms with Crippen molar-refractivity contribution in [3.05, 3.63) is 0 Å². The summed E-state index contributed by atoms with van der Waals surface area (Å²) in [7, 11) is 0. The van der Waals surface area contributed by atoms with Crippen molar-refractivity contribution in [3.8, 4) is 0 Å². The molecule has 1 N–H and O–H groups in total. The third-order valence-electron chi connectivity index (χ3n) is 2.28. The van der Waals surface area contributed by atoms with Gasteiger partial charge in [-0.15, -0.1) is 12.4 Å². The number of piperidine rings is 1. The van der Waals surface area contributed by atoms with Crippen LogP contribution in [0.5, 0.6) is 0 Å². The zero-order valence-corrected chi connectivity index (χ0v) is 6.82. The molecule has 0 spiro atoms. The van der Waals surface area contributed by atoms with Gasteiger partial charge in [0.2, 0.25) is 0 Å². The fourth-order valence-electron chi connectivity index (χ4n) is 1.76. The largest absolute Gasteiger partial charge is 0.377 e.